The number of nitrogens with one attached hydrogen (secondary N) is 1. The number of nitro benzene ring substituents is 1. The number of non-ortho nitro benzene ring substituents is 1. The lowest BCUT2D eigenvalue weighted by molar-refractivity contribution is -0.384. The molecule has 0 atom stereocenters. The van der Waals surface area contributed by atoms with Gasteiger partial charge in [0, 0.05) is 28.4 Å². The number of fused-ring (bicyclic) bond motifs is 1. The number of pyridine rings is 1. The number of thiophene rings is 1. The van der Waals surface area contributed by atoms with Gasteiger partial charge in [-0.3, -0.25) is 14.9 Å². The largest absolute Gasteiger partial charge is 0.306 e. The van der Waals surface area contributed by atoms with E-state index in [1.54, 1.807) is 24.4 Å². The van der Waals surface area contributed by atoms with Gasteiger partial charge in [0.05, 0.1) is 9.80 Å². The molecule has 1 N–H and O–H groups in total. The average Bonchev–Trinajstić information content (AvgIpc) is 2.92. The molecular weight excluding hydrogens is 302 g/mol. The summed E-state index contributed by atoms with van der Waals surface area (Å²) in [7, 11) is 0. The molecule has 0 radical (unpaired) electrons. The summed E-state index contributed by atoms with van der Waals surface area (Å²) in [5.74, 6) is 0.194. The Morgan fingerprint density at radius 3 is 2.77 bits per heavy atom. The molecule has 0 fully saturated rings. The minimum absolute atomic E-state index is 0.0115. The van der Waals surface area contributed by atoms with E-state index in [0.717, 1.165) is 10.3 Å². The molecule has 6 nitrogen and oxygen atoms in total. The van der Waals surface area contributed by atoms with E-state index in [-0.39, 0.29) is 11.6 Å². The first-order valence-corrected chi connectivity index (χ1v) is 7.26. The lowest BCUT2D eigenvalue weighted by Crippen LogP contribution is -2.11. The number of aryl methyl sites for hydroxylation is 1. The summed E-state index contributed by atoms with van der Waals surface area (Å²) >= 11 is 1.29. The zero-order valence-corrected chi connectivity index (χ0v) is 12.4. The smallest absolute Gasteiger partial charge is 0.270 e. The first-order valence-electron chi connectivity index (χ1n) is 6.45. The van der Waals surface area contributed by atoms with Crippen molar-refractivity contribution in [1.82, 2.24) is 4.98 Å². The summed E-state index contributed by atoms with van der Waals surface area (Å²) in [6.07, 6.45) is 1.67. The van der Waals surface area contributed by atoms with Crippen molar-refractivity contribution >= 4 is 38.8 Å². The number of carbonyl (C=O) groups excluding carboxylic acids is 1. The van der Waals surface area contributed by atoms with Crippen molar-refractivity contribution in [2.45, 2.75) is 6.92 Å². The van der Waals surface area contributed by atoms with E-state index in [1.165, 1.54) is 23.5 Å². The fourth-order valence-corrected chi connectivity index (χ4v) is 2.91. The molecule has 0 saturated carbocycles. The van der Waals surface area contributed by atoms with Gasteiger partial charge < -0.3 is 5.32 Å². The molecule has 0 saturated heterocycles. The molecule has 0 aliphatic carbocycles. The lowest BCUT2D eigenvalue weighted by atomic mass is 10.2. The van der Waals surface area contributed by atoms with Crippen LogP contribution in [-0.4, -0.2) is 15.8 Å². The highest BCUT2D eigenvalue weighted by Crippen LogP contribution is 2.29. The Kier molecular flexibility index (Phi) is 3.56. The molecule has 2 heterocycles. The quantitative estimate of drug-likeness (QED) is 0.589. The normalized spacial score (nSPS) is 10.6. The molecule has 0 aliphatic heterocycles. The Bertz CT molecular complexity index is 871. The number of amides is 1. The van der Waals surface area contributed by atoms with Crippen LogP contribution >= 0.6 is 11.3 Å². The van der Waals surface area contributed by atoms with Crippen molar-refractivity contribution in [2.24, 2.45) is 0 Å². The summed E-state index contributed by atoms with van der Waals surface area (Å²) in [4.78, 5) is 27.1. The first kappa shape index (κ1) is 14.2. The Morgan fingerprint density at radius 1 is 1.27 bits per heavy atom. The minimum Gasteiger partial charge on any atom is -0.306 e. The van der Waals surface area contributed by atoms with Gasteiger partial charge >= 0.3 is 0 Å². The molecule has 0 aliphatic rings. The fourth-order valence-electron chi connectivity index (χ4n) is 1.98. The molecule has 0 spiro atoms. The molecule has 3 aromatic rings. The number of nitro groups is 1. The second-order valence-electron chi connectivity index (χ2n) is 4.76. The SMILES string of the molecule is Cc1ccc(NC(=O)c2cc3cc([N+](=O)[O-])ccc3s2)nc1. The van der Waals surface area contributed by atoms with Crippen LogP contribution < -0.4 is 5.32 Å². The molecule has 0 unspecified atom stereocenters. The van der Waals surface area contributed by atoms with Crippen LogP contribution in [0.4, 0.5) is 11.5 Å². The number of hydrogen-bond acceptors (Lipinski definition) is 5. The van der Waals surface area contributed by atoms with Crippen LogP contribution in [0.5, 0.6) is 0 Å². The molecule has 22 heavy (non-hydrogen) atoms. The Hall–Kier alpha value is -2.80. The van der Waals surface area contributed by atoms with E-state index in [2.05, 4.69) is 10.3 Å². The van der Waals surface area contributed by atoms with Crippen molar-refractivity contribution in [2.75, 3.05) is 5.32 Å². The molecule has 110 valence electrons. The third kappa shape index (κ3) is 2.79. The van der Waals surface area contributed by atoms with Gasteiger partial charge in [-0.25, -0.2) is 4.98 Å². The molecule has 1 amide bonds. The predicted octanol–water partition coefficient (Wildman–Crippen LogP) is 3.77. The van der Waals surface area contributed by atoms with Crippen molar-refractivity contribution in [3.63, 3.8) is 0 Å². The molecule has 0 bridgehead atoms. The number of hydrogen-bond donors (Lipinski definition) is 1. The molecule has 3 rings (SSSR count). The maximum Gasteiger partial charge on any atom is 0.270 e. The third-order valence-electron chi connectivity index (χ3n) is 3.09. The Morgan fingerprint density at radius 2 is 2.09 bits per heavy atom. The Balaban J connectivity index is 1.87. The van der Waals surface area contributed by atoms with Crippen LogP contribution in [0.1, 0.15) is 15.2 Å². The highest BCUT2D eigenvalue weighted by molar-refractivity contribution is 7.20. The summed E-state index contributed by atoms with van der Waals surface area (Å²) in [6, 6.07) is 9.78. The minimum atomic E-state index is -0.451. The zero-order valence-electron chi connectivity index (χ0n) is 11.6. The van der Waals surface area contributed by atoms with Crippen molar-refractivity contribution < 1.29 is 9.72 Å². The van der Waals surface area contributed by atoms with Crippen molar-refractivity contribution in [1.29, 1.82) is 0 Å². The molecule has 7 heteroatoms. The summed E-state index contributed by atoms with van der Waals surface area (Å²) < 4.78 is 0.826. The number of nitrogens with zero attached hydrogens (tertiary/aromatic N) is 2. The second kappa shape index (κ2) is 5.53. The molecule has 1 aromatic carbocycles. The number of anilines is 1. The van der Waals surface area contributed by atoms with Gasteiger partial charge in [0.25, 0.3) is 11.6 Å². The van der Waals surface area contributed by atoms with Gasteiger partial charge in [0.2, 0.25) is 0 Å². The summed E-state index contributed by atoms with van der Waals surface area (Å²) in [5.41, 5.74) is 1.02. The van der Waals surface area contributed by atoms with Crippen LogP contribution in [0, 0.1) is 17.0 Å². The van der Waals surface area contributed by atoms with Gasteiger partial charge in [-0.05, 0) is 30.7 Å². The summed E-state index contributed by atoms with van der Waals surface area (Å²) in [5, 5.41) is 14.2. The number of benzene rings is 1. The zero-order chi connectivity index (χ0) is 15.7. The van der Waals surface area contributed by atoms with Crippen LogP contribution in [0.3, 0.4) is 0 Å². The monoisotopic (exact) mass is 313 g/mol. The van der Waals surface area contributed by atoms with E-state index in [9.17, 15) is 14.9 Å². The Labute approximate surface area is 129 Å². The van der Waals surface area contributed by atoms with E-state index in [0.29, 0.717) is 16.1 Å². The number of rotatable bonds is 3. The predicted molar refractivity (Wildman–Crippen MR) is 85.4 cm³/mol. The van der Waals surface area contributed by atoms with Gasteiger partial charge in [-0.15, -0.1) is 11.3 Å². The van der Waals surface area contributed by atoms with Crippen molar-refractivity contribution in [3.8, 4) is 0 Å². The van der Waals surface area contributed by atoms with Gasteiger partial charge in [0.1, 0.15) is 5.82 Å². The molecular formula is C15H11N3O3S. The van der Waals surface area contributed by atoms with Crippen LogP contribution in [0.2, 0.25) is 0 Å². The number of aromatic nitrogens is 1. The third-order valence-corrected chi connectivity index (χ3v) is 4.20. The fraction of sp³-hybridized carbons (Fsp3) is 0.0667. The van der Waals surface area contributed by atoms with Gasteiger partial charge in [-0.2, -0.15) is 0 Å². The van der Waals surface area contributed by atoms with E-state index < -0.39 is 4.92 Å². The average molecular weight is 313 g/mol. The first-order chi connectivity index (χ1) is 10.5. The van der Waals surface area contributed by atoms with E-state index in [1.807, 2.05) is 13.0 Å². The summed E-state index contributed by atoms with van der Waals surface area (Å²) in [6.45, 7) is 1.91. The highest BCUT2D eigenvalue weighted by atomic mass is 32.1. The van der Waals surface area contributed by atoms with Crippen LogP contribution in [0.25, 0.3) is 10.1 Å². The maximum atomic E-state index is 12.2. The highest BCUT2D eigenvalue weighted by Gasteiger charge is 2.13. The van der Waals surface area contributed by atoms with Crippen LogP contribution in [0.15, 0.2) is 42.6 Å². The second-order valence-corrected chi connectivity index (χ2v) is 5.85. The van der Waals surface area contributed by atoms with Gasteiger partial charge in [-0.1, -0.05) is 6.07 Å². The van der Waals surface area contributed by atoms with E-state index in [4.69, 9.17) is 0 Å². The standard InChI is InChI=1S/C15H11N3O3S/c1-9-2-5-14(16-8-9)17-15(19)13-7-10-6-11(18(20)21)3-4-12(10)22-13/h2-8H,1H3,(H,16,17,19). The topological polar surface area (TPSA) is 85.1 Å². The van der Waals surface area contributed by atoms with Gasteiger partial charge in [0.15, 0.2) is 0 Å². The maximum absolute atomic E-state index is 12.2. The number of carbonyl (C=O) groups is 1. The molecule has 2 aromatic heterocycles. The van der Waals surface area contributed by atoms with Crippen LogP contribution in [-0.2, 0) is 0 Å². The van der Waals surface area contributed by atoms with E-state index >= 15 is 0 Å². The van der Waals surface area contributed by atoms with Crippen molar-refractivity contribution in [3.05, 3.63) is 63.1 Å². The lowest BCUT2D eigenvalue weighted by Gasteiger charge is -2.02.